The van der Waals surface area contributed by atoms with Crippen LogP contribution < -0.4 is 5.32 Å². The van der Waals surface area contributed by atoms with E-state index in [4.69, 9.17) is 0 Å². The Morgan fingerprint density at radius 1 is 1.36 bits per heavy atom. The van der Waals surface area contributed by atoms with Gasteiger partial charge in [0, 0.05) is 5.69 Å². The van der Waals surface area contributed by atoms with Gasteiger partial charge in [-0.25, -0.2) is 0 Å². The normalized spacial score (nSPS) is 21.6. The first-order valence-corrected chi connectivity index (χ1v) is 4.83. The van der Waals surface area contributed by atoms with E-state index < -0.39 is 5.60 Å². The van der Waals surface area contributed by atoms with E-state index in [0.29, 0.717) is 6.42 Å². The molecule has 1 aromatic carbocycles. The number of nitrogens with one attached hydrogen (secondary N) is 1. The SMILES string of the molecule is O=C1Cc2cc(C3(O)CC3)ccc2N1. The van der Waals surface area contributed by atoms with Gasteiger partial charge in [-0.2, -0.15) is 0 Å². The van der Waals surface area contributed by atoms with Gasteiger partial charge >= 0.3 is 0 Å². The second-order valence-electron chi connectivity index (χ2n) is 4.13. The number of carbonyl (C=O) groups excluding carboxylic acids is 1. The van der Waals surface area contributed by atoms with Crippen LogP contribution in [0.2, 0.25) is 0 Å². The van der Waals surface area contributed by atoms with Gasteiger partial charge in [0.15, 0.2) is 0 Å². The molecular formula is C11H11NO2. The molecule has 1 heterocycles. The van der Waals surface area contributed by atoms with Crippen LogP contribution in [0.4, 0.5) is 5.69 Å². The van der Waals surface area contributed by atoms with Crippen LogP contribution in [-0.4, -0.2) is 11.0 Å². The van der Waals surface area contributed by atoms with Gasteiger partial charge in [0.1, 0.15) is 0 Å². The summed E-state index contributed by atoms with van der Waals surface area (Å²) >= 11 is 0. The van der Waals surface area contributed by atoms with Crippen molar-refractivity contribution >= 4 is 11.6 Å². The van der Waals surface area contributed by atoms with Crippen LogP contribution in [0, 0.1) is 0 Å². The molecule has 0 radical (unpaired) electrons. The molecule has 3 rings (SSSR count). The summed E-state index contributed by atoms with van der Waals surface area (Å²) < 4.78 is 0. The largest absolute Gasteiger partial charge is 0.385 e. The maximum Gasteiger partial charge on any atom is 0.228 e. The smallest absolute Gasteiger partial charge is 0.228 e. The predicted octanol–water partition coefficient (Wildman–Crippen LogP) is 1.16. The van der Waals surface area contributed by atoms with Gasteiger partial charge in [-0.15, -0.1) is 0 Å². The van der Waals surface area contributed by atoms with E-state index in [1.165, 1.54) is 0 Å². The summed E-state index contributed by atoms with van der Waals surface area (Å²) in [6.45, 7) is 0. The highest BCUT2D eigenvalue weighted by molar-refractivity contribution is 5.99. The lowest BCUT2D eigenvalue weighted by atomic mass is 10.0. The molecule has 3 nitrogen and oxygen atoms in total. The van der Waals surface area contributed by atoms with Crippen molar-refractivity contribution in [3.8, 4) is 0 Å². The van der Waals surface area contributed by atoms with E-state index in [-0.39, 0.29) is 5.91 Å². The lowest BCUT2D eigenvalue weighted by Gasteiger charge is -2.09. The lowest BCUT2D eigenvalue weighted by molar-refractivity contribution is -0.115. The van der Waals surface area contributed by atoms with Gasteiger partial charge in [-0.3, -0.25) is 4.79 Å². The molecule has 2 aliphatic rings. The van der Waals surface area contributed by atoms with E-state index >= 15 is 0 Å². The van der Waals surface area contributed by atoms with E-state index in [9.17, 15) is 9.90 Å². The minimum Gasteiger partial charge on any atom is -0.385 e. The van der Waals surface area contributed by atoms with Gasteiger partial charge in [0.05, 0.1) is 12.0 Å². The summed E-state index contributed by atoms with van der Waals surface area (Å²) in [4.78, 5) is 11.1. The molecule has 0 saturated heterocycles. The summed E-state index contributed by atoms with van der Waals surface area (Å²) in [6.07, 6.45) is 2.12. The Labute approximate surface area is 81.8 Å². The Hall–Kier alpha value is -1.35. The van der Waals surface area contributed by atoms with E-state index in [2.05, 4.69) is 5.32 Å². The molecular weight excluding hydrogens is 178 g/mol. The number of rotatable bonds is 1. The van der Waals surface area contributed by atoms with E-state index in [1.807, 2.05) is 18.2 Å². The van der Waals surface area contributed by atoms with Gasteiger partial charge in [-0.05, 0) is 30.0 Å². The fraction of sp³-hybridized carbons (Fsp3) is 0.364. The first-order chi connectivity index (χ1) is 6.67. The van der Waals surface area contributed by atoms with Crippen molar-refractivity contribution < 1.29 is 9.90 Å². The van der Waals surface area contributed by atoms with Crippen LogP contribution in [0.3, 0.4) is 0 Å². The number of hydrogen-bond acceptors (Lipinski definition) is 2. The summed E-state index contributed by atoms with van der Waals surface area (Å²) in [5.74, 6) is 0.0416. The molecule has 2 N–H and O–H groups in total. The Bertz CT molecular complexity index is 421. The zero-order valence-corrected chi connectivity index (χ0v) is 7.71. The van der Waals surface area contributed by atoms with Crippen LogP contribution in [0.15, 0.2) is 18.2 Å². The van der Waals surface area contributed by atoms with E-state index in [1.54, 1.807) is 0 Å². The molecule has 0 unspecified atom stereocenters. The summed E-state index contributed by atoms with van der Waals surface area (Å²) in [7, 11) is 0. The number of carbonyl (C=O) groups is 1. The predicted molar refractivity (Wildman–Crippen MR) is 51.9 cm³/mol. The molecule has 1 saturated carbocycles. The van der Waals surface area contributed by atoms with Crippen molar-refractivity contribution in [3.05, 3.63) is 29.3 Å². The number of fused-ring (bicyclic) bond motifs is 1. The van der Waals surface area contributed by atoms with Crippen molar-refractivity contribution in [3.63, 3.8) is 0 Å². The molecule has 0 atom stereocenters. The molecule has 0 aromatic heterocycles. The highest BCUT2D eigenvalue weighted by Gasteiger charge is 2.42. The van der Waals surface area contributed by atoms with Crippen molar-refractivity contribution in [1.82, 2.24) is 0 Å². The van der Waals surface area contributed by atoms with Crippen LogP contribution in [0.1, 0.15) is 24.0 Å². The van der Waals surface area contributed by atoms with Crippen LogP contribution in [0.5, 0.6) is 0 Å². The standard InChI is InChI=1S/C11H11NO2/c13-10-6-7-5-8(11(14)3-4-11)1-2-9(7)12-10/h1-2,5,14H,3-4,6H2,(H,12,13). The molecule has 0 bridgehead atoms. The first-order valence-electron chi connectivity index (χ1n) is 4.83. The third-order valence-electron chi connectivity index (χ3n) is 2.99. The van der Waals surface area contributed by atoms with Gasteiger partial charge in [-0.1, -0.05) is 12.1 Å². The van der Waals surface area contributed by atoms with Crippen molar-refractivity contribution in [2.45, 2.75) is 24.9 Å². The molecule has 1 fully saturated rings. The Kier molecular flexibility index (Phi) is 1.35. The highest BCUT2D eigenvalue weighted by atomic mass is 16.3. The molecule has 3 heteroatoms. The molecule has 14 heavy (non-hydrogen) atoms. The van der Waals surface area contributed by atoms with Gasteiger partial charge in [0.25, 0.3) is 0 Å². The molecule has 1 amide bonds. The molecule has 1 aliphatic carbocycles. The molecule has 1 aliphatic heterocycles. The van der Waals surface area contributed by atoms with Crippen LogP contribution in [-0.2, 0) is 16.8 Å². The lowest BCUT2D eigenvalue weighted by Crippen LogP contribution is -2.04. The van der Waals surface area contributed by atoms with Gasteiger partial charge < -0.3 is 10.4 Å². The van der Waals surface area contributed by atoms with Crippen LogP contribution in [0.25, 0.3) is 0 Å². The molecule has 1 aromatic rings. The summed E-state index contributed by atoms with van der Waals surface area (Å²) in [6, 6.07) is 5.73. The zero-order valence-electron chi connectivity index (χ0n) is 7.71. The minimum absolute atomic E-state index is 0.0416. The van der Waals surface area contributed by atoms with E-state index in [0.717, 1.165) is 29.7 Å². The quantitative estimate of drug-likeness (QED) is 0.696. The topological polar surface area (TPSA) is 49.3 Å². The third kappa shape index (κ3) is 1.06. The first kappa shape index (κ1) is 8.00. The second-order valence-corrected chi connectivity index (χ2v) is 4.13. The van der Waals surface area contributed by atoms with Crippen molar-refractivity contribution in [2.75, 3.05) is 5.32 Å². The van der Waals surface area contributed by atoms with Crippen molar-refractivity contribution in [2.24, 2.45) is 0 Å². The number of hydrogen-bond donors (Lipinski definition) is 2. The summed E-state index contributed by atoms with van der Waals surface area (Å²) in [5, 5.41) is 12.7. The number of amides is 1. The number of aliphatic hydroxyl groups is 1. The highest BCUT2D eigenvalue weighted by Crippen LogP contribution is 2.46. The maximum atomic E-state index is 11.1. The Morgan fingerprint density at radius 3 is 2.86 bits per heavy atom. The van der Waals surface area contributed by atoms with Gasteiger partial charge in [0.2, 0.25) is 5.91 Å². The van der Waals surface area contributed by atoms with Crippen LogP contribution >= 0.6 is 0 Å². The van der Waals surface area contributed by atoms with Crippen molar-refractivity contribution in [1.29, 1.82) is 0 Å². The Balaban J connectivity index is 2.04. The third-order valence-corrected chi connectivity index (χ3v) is 2.99. The number of benzene rings is 1. The minimum atomic E-state index is -0.597. The monoisotopic (exact) mass is 189 g/mol. The maximum absolute atomic E-state index is 11.1. The summed E-state index contributed by atoms with van der Waals surface area (Å²) in [5.41, 5.74) is 2.25. The Morgan fingerprint density at radius 2 is 2.14 bits per heavy atom. The second kappa shape index (κ2) is 2.36. The molecule has 0 spiro atoms. The molecule has 72 valence electrons. The average molecular weight is 189 g/mol. The fourth-order valence-corrected chi connectivity index (χ4v) is 1.93. The average Bonchev–Trinajstić information content (AvgIpc) is 2.79. The number of anilines is 1. The fourth-order valence-electron chi connectivity index (χ4n) is 1.93. The zero-order chi connectivity index (χ0) is 9.76.